The SMILES string of the molecule is COc1cn(-c2cccc(C(F)(F)F)c2)nc1C(=O)Nc1cc(F)ccc1NC(=O)c1ccccn1. The Morgan fingerprint density at radius 3 is 2.42 bits per heavy atom. The summed E-state index contributed by atoms with van der Waals surface area (Å²) in [6, 6.07) is 12.4. The number of amides is 2. The van der Waals surface area contributed by atoms with Gasteiger partial charge in [-0.25, -0.2) is 9.07 Å². The minimum absolute atomic E-state index is 0.0382. The lowest BCUT2D eigenvalue weighted by atomic mass is 10.2. The van der Waals surface area contributed by atoms with Crippen LogP contribution in [-0.2, 0) is 6.18 Å². The van der Waals surface area contributed by atoms with Crippen molar-refractivity contribution < 1.29 is 31.9 Å². The highest BCUT2D eigenvalue weighted by molar-refractivity contribution is 6.09. The molecule has 2 aromatic carbocycles. The Bertz CT molecular complexity index is 1420. The number of hydrogen-bond acceptors (Lipinski definition) is 5. The van der Waals surface area contributed by atoms with Crippen LogP contribution < -0.4 is 15.4 Å². The van der Waals surface area contributed by atoms with Crippen molar-refractivity contribution in [1.29, 1.82) is 0 Å². The molecule has 12 heteroatoms. The van der Waals surface area contributed by atoms with Gasteiger partial charge in [-0.1, -0.05) is 12.1 Å². The number of rotatable bonds is 6. The van der Waals surface area contributed by atoms with Crippen LogP contribution in [0.5, 0.6) is 5.75 Å². The zero-order valence-electron chi connectivity index (χ0n) is 18.5. The molecule has 0 atom stereocenters. The minimum atomic E-state index is -4.57. The Balaban J connectivity index is 1.62. The quantitative estimate of drug-likeness (QED) is 0.367. The summed E-state index contributed by atoms with van der Waals surface area (Å²) in [5.41, 5.74) is -1.04. The highest BCUT2D eigenvalue weighted by atomic mass is 19.4. The number of carbonyl (C=O) groups excluding carboxylic acids is 2. The highest BCUT2D eigenvalue weighted by Crippen LogP contribution is 2.31. The fraction of sp³-hybridized carbons (Fsp3) is 0.0833. The topological polar surface area (TPSA) is 98.1 Å². The van der Waals surface area contributed by atoms with Crippen LogP contribution >= 0.6 is 0 Å². The van der Waals surface area contributed by atoms with Gasteiger partial charge in [-0.3, -0.25) is 14.6 Å². The minimum Gasteiger partial charge on any atom is -0.493 e. The van der Waals surface area contributed by atoms with Crippen LogP contribution in [0.15, 0.2) is 73.1 Å². The molecular formula is C24H17F4N5O3. The van der Waals surface area contributed by atoms with Gasteiger partial charge in [-0.05, 0) is 48.5 Å². The first kappa shape index (κ1) is 24.4. The Labute approximate surface area is 201 Å². The number of halogens is 4. The number of ether oxygens (including phenoxy) is 1. The molecule has 2 amide bonds. The number of pyridine rings is 1. The molecule has 2 aromatic heterocycles. The lowest BCUT2D eigenvalue weighted by Crippen LogP contribution is -2.18. The summed E-state index contributed by atoms with van der Waals surface area (Å²) in [6.45, 7) is 0. The molecular weight excluding hydrogens is 482 g/mol. The van der Waals surface area contributed by atoms with Gasteiger partial charge in [0, 0.05) is 6.20 Å². The van der Waals surface area contributed by atoms with E-state index in [1.165, 1.54) is 43.8 Å². The third kappa shape index (κ3) is 5.32. The second kappa shape index (κ2) is 9.86. The standard InChI is InChI=1S/C24H17F4N5O3/c1-36-20-13-33(16-6-4-5-14(11-16)24(26,27)28)32-21(20)23(35)31-19-12-15(25)8-9-17(19)30-22(34)18-7-2-3-10-29-18/h2-13H,1H3,(H,30,34)(H,31,35). The summed E-state index contributed by atoms with van der Waals surface area (Å²) < 4.78 is 59.4. The van der Waals surface area contributed by atoms with Crippen molar-refractivity contribution in [2.24, 2.45) is 0 Å². The zero-order valence-corrected chi connectivity index (χ0v) is 18.5. The van der Waals surface area contributed by atoms with E-state index in [4.69, 9.17) is 4.74 Å². The number of nitrogens with one attached hydrogen (secondary N) is 2. The van der Waals surface area contributed by atoms with Crippen molar-refractivity contribution in [3.8, 4) is 11.4 Å². The molecule has 0 radical (unpaired) electrons. The molecule has 2 heterocycles. The predicted octanol–water partition coefficient (Wildman–Crippen LogP) is 4.94. The van der Waals surface area contributed by atoms with E-state index >= 15 is 0 Å². The molecule has 36 heavy (non-hydrogen) atoms. The van der Waals surface area contributed by atoms with Crippen molar-refractivity contribution >= 4 is 23.2 Å². The molecule has 0 unspecified atom stereocenters. The van der Waals surface area contributed by atoms with Crippen molar-refractivity contribution in [3.63, 3.8) is 0 Å². The number of methoxy groups -OCH3 is 1. The first-order chi connectivity index (χ1) is 17.2. The zero-order chi connectivity index (χ0) is 25.9. The molecule has 0 bridgehead atoms. The molecule has 0 aliphatic rings. The van der Waals surface area contributed by atoms with E-state index in [0.29, 0.717) is 0 Å². The van der Waals surface area contributed by atoms with E-state index in [1.54, 1.807) is 12.1 Å². The Morgan fingerprint density at radius 1 is 0.944 bits per heavy atom. The fourth-order valence-electron chi connectivity index (χ4n) is 3.22. The van der Waals surface area contributed by atoms with Gasteiger partial charge in [-0.15, -0.1) is 0 Å². The van der Waals surface area contributed by atoms with Gasteiger partial charge < -0.3 is 15.4 Å². The van der Waals surface area contributed by atoms with Crippen LogP contribution in [0.25, 0.3) is 5.69 Å². The lowest BCUT2D eigenvalue weighted by Gasteiger charge is -2.12. The summed E-state index contributed by atoms with van der Waals surface area (Å²) in [6.07, 6.45) is -1.91. The maximum Gasteiger partial charge on any atom is 0.416 e. The van der Waals surface area contributed by atoms with E-state index < -0.39 is 29.4 Å². The van der Waals surface area contributed by atoms with Gasteiger partial charge in [0.25, 0.3) is 11.8 Å². The number of aromatic nitrogens is 3. The molecule has 0 spiro atoms. The van der Waals surface area contributed by atoms with Gasteiger partial charge >= 0.3 is 6.18 Å². The smallest absolute Gasteiger partial charge is 0.416 e. The molecule has 0 fully saturated rings. The van der Waals surface area contributed by atoms with Crippen LogP contribution in [0.4, 0.5) is 28.9 Å². The second-order valence-corrected chi connectivity index (χ2v) is 7.35. The Kier molecular flexibility index (Phi) is 6.68. The number of alkyl halides is 3. The van der Waals surface area contributed by atoms with Crippen LogP contribution in [0.2, 0.25) is 0 Å². The summed E-state index contributed by atoms with van der Waals surface area (Å²) >= 11 is 0. The number of carbonyl (C=O) groups is 2. The monoisotopic (exact) mass is 499 g/mol. The summed E-state index contributed by atoms with van der Waals surface area (Å²) in [7, 11) is 1.25. The summed E-state index contributed by atoms with van der Waals surface area (Å²) in [5, 5.41) is 9.05. The molecule has 0 aliphatic heterocycles. The van der Waals surface area contributed by atoms with Crippen molar-refractivity contribution in [2.45, 2.75) is 6.18 Å². The molecule has 2 N–H and O–H groups in total. The van der Waals surface area contributed by atoms with Crippen LogP contribution in [0.1, 0.15) is 26.5 Å². The molecule has 0 saturated heterocycles. The number of hydrogen-bond donors (Lipinski definition) is 2. The van der Waals surface area contributed by atoms with E-state index in [1.807, 2.05) is 0 Å². The largest absolute Gasteiger partial charge is 0.493 e. The van der Waals surface area contributed by atoms with Crippen LogP contribution in [-0.4, -0.2) is 33.7 Å². The number of nitrogens with zero attached hydrogens (tertiary/aromatic N) is 3. The number of anilines is 2. The third-order valence-electron chi connectivity index (χ3n) is 4.93. The molecule has 8 nitrogen and oxygen atoms in total. The average Bonchev–Trinajstić information content (AvgIpc) is 3.30. The molecule has 184 valence electrons. The normalized spacial score (nSPS) is 11.1. The van der Waals surface area contributed by atoms with Crippen LogP contribution in [0, 0.1) is 5.82 Å². The van der Waals surface area contributed by atoms with Crippen LogP contribution in [0.3, 0.4) is 0 Å². The van der Waals surface area contributed by atoms with Crippen molar-refractivity contribution in [2.75, 3.05) is 17.7 Å². The van der Waals surface area contributed by atoms with Crippen molar-refractivity contribution in [3.05, 3.63) is 95.8 Å². The van der Waals surface area contributed by atoms with E-state index in [0.717, 1.165) is 28.9 Å². The lowest BCUT2D eigenvalue weighted by molar-refractivity contribution is -0.137. The molecule has 4 rings (SSSR count). The van der Waals surface area contributed by atoms with E-state index in [9.17, 15) is 27.2 Å². The van der Waals surface area contributed by atoms with Gasteiger partial charge in [-0.2, -0.15) is 18.3 Å². The average molecular weight is 499 g/mol. The summed E-state index contributed by atoms with van der Waals surface area (Å²) in [5.74, 6) is -2.18. The second-order valence-electron chi connectivity index (χ2n) is 7.35. The molecule has 4 aromatic rings. The van der Waals surface area contributed by atoms with E-state index in [-0.39, 0.29) is 34.2 Å². The van der Waals surface area contributed by atoms with Gasteiger partial charge in [0.05, 0.1) is 35.9 Å². The molecule has 0 aliphatic carbocycles. The van der Waals surface area contributed by atoms with Gasteiger partial charge in [0.1, 0.15) is 11.5 Å². The highest BCUT2D eigenvalue weighted by Gasteiger charge is 2.31. The summed E-state index contributed by atoms with van der Waals surface area (Å²) in [4.78, 5) is 29.4. The first-order valence-corrected chi connectivity index (χ1v) is 10.3. The maximum absolute atomic E-state index is 14.0. The predicted molar refractivity (Wildman–Crippen MR) is 122 cm³/mol. The maximum atomic E-state index is 14.0. The van der Waals surface area contributed by atoms with Crippen molar-refractivity contribution in [1.82, 2.24) is 14.8 Å². The number of benzene rings is 2. The van der Waals surface area contributed by atoms with Gasteiger partial charge in [0.2, 0.25) is 0 Å². The van der Waals surface area contributed by atoms with Gasteiger partial charge in [0.15, 0.2) is 11.4 Å². The Hall–Kier alpha value is -4.74. The fourth-order valence-corrected chi connectivity index (χ4v) is 3.22. The van der Waals surface area contributed by atoms with E-state index in [2.05, 4.69) is 20.7 Å². The third-order valence-corrected chi connectivity index (χ3v) is 4.93. The molecule has 0 saturated carbocycles. The Morgan fingerprint density at radius 2 is 1.72 bits per heavy atom. The first-order valence-electron chi connectivity index (χ1n) is 10.3.